The lowest BCUT2D eigenvalue weighted by atomic mass is 10.0. The molecule has 0 aliphatic heterocycles. The Hall–Kier alpha value is -4.50. The third-order valence-electron chi connectivity index (χ3n) is 8.20. The number of fused-ring (bicyclic) bond motifs is 12. The van der Waals surface area contributed by atoms with Crippen LogP contribution in [-0.4, -0.2) is 15.9 Å². The van der Waals surface area contributed by atoms with Crippen molar-refractivity contribution in [3.8, 4) is 5.75 Å². The number of para-hydroxylation sites is 2. The zero-order valence-electron chi connectivity index (χ0n) is 19.4. The molecular weight excluding hydrogens is 428 g/mol. The third-order valence-corrected chi connectivity index (χ3v) is 8.20. The number of aromatic nitrogens is 2. The van der Waals surface area contributed by atoms with Crippen LogP contribution in [0.25, 0.3) is 76.2 Å². The quantitative estimate of drug-likeness (QED) is 0.247. The summed E-state index contributed by atoms with van der Waals surface area (Å²) in [4.78, 5) is 0. The van der Waals surface area contributed by atoms with Crippen LogP contribution >= 0.6 is 0 Å². The Morgan fingerprint density at radius 1 is 0.514 bits per heavy atom. The lowest BCUT2D eigenvalue weighted by Crippen LogP contribution is -1.83. The summed E-state index contributed by atoms with van der Waals surface area (Å²) in [5.41, 5.74) is 8.94. The first-order chi connectivity index (χ1) is 17.3. The minimum absolute atomic E-state index is 0.929. The highest BCUT2D eigenvalue weighted by molar-refractivity contribution is 6.29. The summed E-state index contributed by atoms with van der Waals surface area (Å²) >= 11 is 0. The molecule has 0 unspecified atom stereocenters. The maximum absolute atomic E-state index is 5.83. The molecule has 5 aromatic carbocycles. The molecule has 0 saturated heterocycles. The highest BCUT2D eigenvalue weighted by atomic mass is 16.5. The van der Waals surface area contributed by atoms with Crippen LogP contribution in [0.2, 0.25) is 0 Å². The Bertz CT molecular complexity index is 2320. The fourth-order valence-corrected chi connectivity index (χ4v) is 6.81. The monoisotopic (exact) mass is 448 g/mol. The number of hydrogen-bond acceptors (Lipinski definition) is 1. The Balaban J connectivity index is 1.61. The van der Waals surface area contributed by atoms with Crippen molar-refractivity contribution in [3.05, 3.63) is 90.5 Å². The first-order valence-electron chi connectivity index (χ1n) is 12.1. The molecule has 4 heterocycles. The highest BCUT2D eigenvalue weighted by Crippen LogP contribution is 2.46. The van der Waals surface area contributed by atoms with Gasteiger partial charge in [0.1, 0.15) is 5.75 Å². The van der Waals surface area contributed by atoms with Gasteiger partial charge in [-0.2, -0.15) is 0 Å². The molecule has 0 aliphatic rings. The predicted octanol–water partition coefficient (Wildman–Crippen LogP) is 8.30. The number of ether oxygens (including phenoxy) is 1. The molecule has 3 nitrogen and oxygen atoms in total. The van der Waals surface area contributed by atoms with Crippen molar-refractivity contribution in [2.75, 3.05) is 7.11 Å². The fourth-order valence-electron chi connectivity index (χ4n) is 6.81. The van der Waals surface area contributed by atoms with Gasteiger partial charge in [-0.15, -0.1) is 0 Å². The van der Waals surface area contributed by atoms with Crippen LogP contribution in [0, 0.1) is 6.92 Å². The van der Waals surface area contributed by atoms with E-state index in [1.165, 1.54) is 81.8 Å². The van der Waals surface area contributed by atoms with Crippen LogP contribution in [0.15, 0.2) is 84.9 Å². The predicted molar refractivity (Wildman–Crippen MR) is 147 cm³/mol. The molecular formula is C32H20N2O. The van der Waals surface area contributed by atoms with Crippen molar-refractivity contribution in [2.24, 2.45) is 0 Å². The van der Waals surface area contributed by atoms with Gasteiger partial charge in [0, 0.05) is 37.7 Å². The van der Waals surface area contributed by atoms with Gasteiger partial charge in [-0.3, -0.25) is 0 Å². The third kappa shape index (κ3) is 1.86. The Labute approximate surface area is 200 Å². The molecule has 0 spiro atoms. The Kier molecular flexibility index (Phi) is 2.95. The van der Waals surface area contributed by atoms with Crippen molar-refractivity contribution in [2.45, 2.75) is 6.92 Å². The Morgan fingerprint density at radius 3 is 1.69 bits per heavy atom. The number of benzene rings is 5. The molecule has 0 amide bonds. The lowest BCUT2D eigenvalue weighted by molar-refractivity contribution is 0.420. The normalized spacial score (nSPS) is 12.9. The van der Waals surface area contributed by atoms with E-state index in [4.69, 9.17) is 4.74 Å². The SMILES string of the molecule is COc1ccc2c3cc4c(cc3n3c5ccccc5c1c23)c1ccc(C)c2c3ccccc3n4c12. The molecule has 4 aromatic heterocycles. The molecule has 0 atom stereocenters. The van der Waals surface area contributed by atoms with E-state index in [-0.39, 0.29) is 0 Å². The number of methoxy groups -OCH3 is 1. The largest absolute Gasteiger partial charge is 0.496 e. The zero-order valence-corrected chi connectivity index (χ0v) is 19.4. The second-order valence-corrected chi connectivity index (χ2v) is 9.78. The summed E-state index contributed by atoms with van der Waals surface area (Å²) in [5, 5.41) is 10.3. The van der Waals surface area contributed by atoms with Gasteiger partial charge in [0.15, 0.2) is 0 Å². The van der Waals surface area contributed by atoms with E-state index >= 15 is 0 Å². The van der Waals surface area contributed by atoms with Crippen LogP contribution in [0.3, 0.4) is 0 Å². The summed E-state index contributed by atoms with van der Waals surface area (Å²) < 4.78 is 10.7. The maximum atomic E-state index is 5.83. The van der Waals surface area contributed by atoms with Crippen LogP contribution in [-0.2, 0) is 0 Å². The van der Waals surface area contributed by atoms with Crippen molar-refractivity contribution in [1.29, 1.82) is 0 Å². The summed E-state index contributed by atoms with van der Waals surface area (Å²) in [6.45, 7) is 2.23. The average Bonchev–Trinajstić information content (AvgIpc) is 3.60. The van der Waals surface area contributed by atoms with E-state index in [1.807, 2.05) is 0 Å². The minimum Gasteiger partial charge on any atom is -0.496 e. The number of nitrogens with zero attached hydrogens (tertiary/aromatic N) is 2. The molecule has 0 saturated carbocycles. The molecule has 164 valence electrons. The number of rotatable bonds is 1. The second-order valence-electron chi connectivity index (χ2n) is 9.78. The second kappa shape index (κ2) is 5.76. The first kappa shape index (κ1) is 17.9. The molecule has 9 aromatic rings. The smallest absolute Gasteiger partial charge is 0.128 e. The topological polar surface area (TPSA) is 18.1 Å². The van der Waals surface area contributed by atoms with Crippen LogP contribution in [0.4, 0.5) is 0 Å². The minimum atomic E-state index is 0.929. The van der Waals surface area contributed by atoms with Crippen molar-refractivity contribution in [1.82, 2.24) is 8.80 Å². The maximum Gasteiger partial charge on any atom is 0.128 e. The van der Waals surface area contributed by atoms with Gasteiger partial charge in [-0.1, -0.05) is 48.5 Å². The fraction of sp³-hybridized carbons (Fsp3) is 0.0625. The van der Waals surface area contributed by atoms with Gasteiger partial charge in [-0.05, 0) is 48.9 Å². The van der Waals surface area contributed by atoms with Crippen LogP contribution in [0.5, 0.6) is 5.75 Å². The van der Waals surface area contributed by atoms with E-state index in [0.717, 1.165) is 5.75 Å². The van der Waals surface area contributed by atoms with Gasteiger partial charge in [-0.25, -0.2) is 0 Å². The highest BCUT2D eigenvalue weighted by Gasteiger charge is 2.23. The average molecular weight is 449 g/mol. The number of aryl methyl sites for hydroxylation is 1. The van der Waals surface area contributed by atoms with E-state index < -0.39 is 0 Å². The van der Waals surface area contributed by atoms with Gasteiger partial charge in [0.2, 0.25) is 0 Å². The molecule has 0 bridgehead atoms. The summed E-state index contributed by atoms with van der Waals surface area (Å²) in [7, 11) is 1.77. The van der Waals surface area contributed by atoms with E-state index in [9.17, 15) is 0 Å². The number of hydrogen-bond donors (Lipinski definition) is 0. The molecule has 0 aliphatic carbocycles. The van der Waals surface area contributed by atoms with Crippen molar-refractivity contribution < 1.29 is 4.74 Å². The van der Waals surface area contributed by atoms with Gasteiger partial charge in [0.05, 0.1) is 45.6 Å². The lowest BCUT2D eigenvalue weighted by Gasteiger charge is -2.03. The summed E-state index contributed by atoms with van der Waals surface area (Å²) in [6.07, 6.45) is 0. The Morgan fingerprint density at radius 2 is 1.06 bits per heavy atom. The van der Waals surface area contributed by atoms with Gasteiger partial charge >= 0.3 is 0 Å². The van der Waals surface area contributed by atoms with Crippen LogP contribution in [0.1, 0.15) is 5.56 Å². The van der Waals surface area contributed by atoms with E-state index in [1.54, 1.807) is 7.11 Å². The van der Waals surface area contributed by atoms with E-state index in [2.05, 4.69) is 101 Å². The molecule has 0 radical (unpaired) electrons. The molecule has 0 N–H and O–H groups in total. The standard InChI is InChI=1S/C32H20N2O/c1-17-11-12-18-22-15-27-23(16-26(22)33-24-9-5-3-7-20(24)29(17)31(18)33)19-13-14-28(35-2)30-21-8-4-6-10-25(21)34(27)32(19)30/h3-16H,1-2H3. The summed E-state index contributed by atoms with van der Waals surface area (Å²) in [5.74, 6) is 0.929. The van der Waals surface area contributed by atoms with Crippen LogP contribution < -0.4 is 4.74 Å². The molecule has 35 heavy (non-hydrogen) atoms. The summed E-state index contributed by atoms with van der Waals surface area (Å²) in [6, 6.07) is 31.2. The van der Waals surface area contributed by atoms with E-state index in [0.29, 0.717) is 0 Å². The van der Waals surface area contributed by atoms with Gasteiger partial charge < -0.3 is 13.5 Å². The van der Waals surface area contributed by atoms with Crippen molar-refractivity contribution >= 4 is 76.2 Å². The van der Waals surface area contributed by atoms with Gasteiger partial charge in [0.25, 0.3) is 0 Å². The molecule has 9 rings (SSSR count). The van der Waals surface area contributed by atoms with Crippen molar-refractivity contribution in [3.63, 3.8) is 0 Å². The molecule has 0 fully saturated rings. The first-order valence-corrected chi connectivity index (χ1v) is 12.1. The zero-order chi connectivity index (χ0) is 23.0. The molecule has 3 heteroatoms.